The van der Waals surface area contributed by atoms with Gasteiger partial charge in [-0.25, -0.2) is 0 Å². The summed E-state index contributed by atoms with van der Waals surface area (Å²) >= 11 is 0. The minimum Gasteiger partial charge on any atom is -0.396 e. The van der Waals surface area contributed by atoms with Gasteiger partial charge in [-0.1, -0.05) is 57.9 Å². The molecule has 0 aromatic heterocycles. The van der Waals surface area contributed by atoms with Crippen molar-refractivity contribution in [1.82, 2.24) is 0 Å². The summed E-state index contributed by atoms with van der Waals surface area (Å²) in [5.74, 6) is 0. The molecule has 96 valence electrons. The summed E-state index contributed by atoms with van der Waals surface area (Å²) in [7, 11) is 0. The van der Waals surface area contributed by atoms with Crippen LogP contribution in [0.4, 0.5) is 0 Å². The topological polar surface area (TPSA) is 20.2 Å². The standard InChI is InChI=1S/C16H26O/c1-16(2,3)15-11-9-14(10-12-15)8-6-4-5-7-13-17/h9-12,17H,4-8,13H2,1-3H3. The molecule has 0 bridgehead atoms. The third kappa shape index (κ3) is 5.36. The lowest BCUT2D eigenvalue weighted by Crippen LogP contribution is -2.10. The molecule has 0 heterocycles. The number of hydrogen-bond donors (Lipinski definition) is 1. The molecule has 1 aromatic carbocycles. The number of hydrogen-bond acceptors (Lipinski definition) is 1. The van der Waals surface area contributed by atoms with Crippen LogP contribution in [0.25, 0.3) is 0 Å². The van der Waals surface area contributed by atoms with Crippen molar-refractivity contribution in [3.63, 3.8) is 0 Å². The van der Waals surface area contributed by atoms with Crippen molar-refractivity contribution >= 4 is 0 Å². The van der Waals surface area contributed by atoms with Crippen LogP contribution in [0.5, 0.6) is 0 Å². The fourth-order valence-electron chi connectivity index (χ4n) is 1.97. The lowest BCUT2D eigenvalue weighted by Gasteiger charge is -2.19. The summed E-state index contributed by atoms with van der Waals surface area (Å²) in [6, 6.07) is 9.02. The number of aliphatic hydroxyl groups is 1. The average molecular weight is 234 g/mol. The highest BCUT2D eigenvalue weighted by atomic mass is 16.2. The van der Waals surface area contributed by atoms with Gasteiger partial charge in [0.1, 0.15) is 0 Å². The quantitative estimate of drug-likeness (QED) is 0.735. The first-order chi connectivity index (χ1) is 8.04. The van der Waals surface area contributed by atoms with E-state index < -0.39 is 0 Å². The first kappa shape index (κ1) is 14.2. The van der Waals surface area contributed by atoms with Crippen LogP contribution >= 0.6 is 0 Å². The molecule has 0 spiro atoms. The molecule has 1 aromatic rings. The molecular formula is C16H26O. The van der Waals surface area contributed by atoms with Crippen LogP contribution in [-0.2, 0) is 11.8 Å². The molecule has 1 rings (SSSR count). The molecule has 0 fully saturated rings. The Morgan fingerprint density at radius 2 is 1.47 bits per heavy atom. The van der Waals surface area contributed by atoms with Crippen LogP contribution in [0.3, 0.4) is 0 Å². The minimum atomic E-state index is 0.250. The van der Waals surface area contributed by atoms with E-state index in [4.69, 9.17) is 5.11 Å². The van der Waals surface area contributed by atoms with Crippen molar-refractivity contribution in [3.05, 3.63) is 35.4 Å². The van der Waals surface area contributed by atoms with Crippen LogP contribution in [0.15, 0.2) is 24.3 Å². The van der Waals surface area contributed by atoms with Crippen molar-refractivity contribution in [2.75, 3.05) is 6.61 Å². The minimum absolute atomic E-state index is 0.250. The van der Waals surface area contributed by atoms with E-state index in [9.17, 15) is 0 Å². The molecule has 0 unspecified atom stereocenters. The molecule has 0 amide bonds. The molecule has 0 saturated carbocycles. The molecule has 1 N–H and O–H groups in total. The SMILES string of the molecule is CC(C)(C)c1ccc(CCCCCCO)cc1. The highest BCUT2D eigenvalue weighted by molar-refractivity contribution is 5.27. The summed E-state index contributed by atoms with van der Waals surface area (Å²) in [5, 5.41) is 8.69. The van der Waals surface area contributed by atoms with Crippen LogP contribution in [0.2, 0.25) is 0 Å². The molecule has 1 heteroatoms. The van der Waals surface area contributed by atoms with E-state index in [1.807, 2.05) is 0 Å². The predicted molar refractivity (Wildman–Crippen MR) is 74.4 cm³/mol. The zero-order chi connectivity index (χ0) is 12.7. The second kappa shape index (κ2) is 6.80. The fraction of sp³-hybridized carbons (Fsp3) is 0.625. The van der Waals surface area contributed by atoms with Crippen molar-refractivity contribution in [2.45, 2.75) is 58.3 Å². The summed E-state index contributed by atoms with van der Waals surface area (Å²) in [4.78, 5) is 0. The van der Waals surface area contributed by atoms with Crippen molar-refractivity contribution in [2.24, 2.45) is 0 Å². The summed E-state index contributed by atoms with van der Waals surface area (Å²) in [6.07, 6.45) is 5.71. The number of aliphatic hydroxyl groups excluding tert-OH is 1. The summed E-state index contributed by atoms with van der Waals surface area (Å²) in [5.41, 5.74) is 3.09. The Morgan fingerprint density at radius 1 is 0.882 bits per heavy atom. The van der Waals surface area contributed by atoms with Gasteiger partial charge in [-0.3, -0.25) is 0 Å². The number of unbranched alkanes of at least 4 members (excludes halogenated alkanes) is 3. The maximum atomic E-state index is 8.69. The molecule has 0 saturated heterocycles. The first-order valence-corrected chi connectivity index (χ1v) is 6.74. The lowest BCUT2D eigenvalue weighted by molar-refractivity contribution is 0.282. The summed E-state index contributed by atoms with van der Waals surface area (Å²) < 4.78 is 0. The Bertz CT molecular complexity index is 305. The molecular weight excluding hydrogens is 208 g/mol. The zero-order valence-corrected chi connectivity index (χ0v) is 11.5. The van der Waals surface area contributed by atoms with E-state index in [1.165, 1.54) is 24.0 Å². The Kier molecular flexibility index (Phi) is 5.70. The Balaban J connectivity index is 2.36. The molecule has 0 atom stereocenters. The molecule has 0 radical (unpaired) electrons. The Morgan fingerprint density at radius 3 is 2.00 bits per heavy atom. The van der Waals surface area contributed by atoms with Gasteiger partial charge in [0.05, 0.1) is 0 Å². The molecule has 0 aliphatic heterocycles. The lowest BCUT2D eigenvalue weighted by atomic mass is 9.86. The zero-order valence-electron chi connectivity index (χ0n) is 11.5. The molecule has 1 nitrogen and oxygen atoms in total. The number of rotatable bonds is 6. The van der Waals surface area contributed by atoms with Gasteiger partial charge in [0.2, 0.25) is 0 Å². The van der Waals surface area contributed by atoms with Crippen LogP contribution in [0, 0.1) is 0 Å². The van der Waals surface area contributed by atoms with E-state index in [-0.39, 0.29) is 5.41 Å². The van der Waals surface area contributed by atoms with Crippen LogP contribution < -0.4 is 0 Å². The van der Waals surface area contributed by atoms with E-state index in [0.717, 1.165) is 19.3 Å². The van der Waals surface area contributed by atoms with Gasteiger partial charge in [0.25, 0.3) is 0 Å². The van der Waals surface area contributed by atoms with Gasteiger partial charge in [-0.05, 0) is 35.8 Å². The van der Waals surface area contributed by atoms with Crippen LogP contribution in [0.1, 0.15) is 57.6 Å². The Hall–Kier alpha value is -0.820. The smallest absolute Gasteiger partial charge is 0.0431 e. The largest absolute Gasteiger partial charge is 0.396 e. The van der Waals surface area contributed by atoms with Gasteiger partial charge in [0.15, 0.2) is 0 Å². The van der Waals surface area contributed by atoms with Crippen molar-refractivity contribution < 1.29 is 5.11 Å². The second-order valence-electron chi connectivity index (χ2n) is 5.83. The molecule has 17 heavy (non-hydrogen) atoms. The normalized spacial score (nSPS) is 11.8. The highest BCUT2D eigenvalue weighted by Gasteiger charge is 2.12. The molecule has 0 aliphatic carbocycles. The third-order valence-electron chi connectivity index (χ3n) is 3.19. The van der Waals surface area contributed by atoms with Crippen molar-refractivity contribution in [3.8, 4) is 0 Å². The van der Waals surface area contributed by atoms with E-state index >= 15 is 0 Å². The van der Waals surface area contributed by atoms with E-state index in [1.54, 1.807) is 0 Å². The summed E-state index contributed by atoms with van der Waals surface area (Å²) in [6.45, 7) is 7.07. The van der Waals surface area contributed by atoms with E-state index in [2.05, 4.69) is 45.0 Å². The van der Waals surface area contributed by atoms with Gasteiger partial charge in [-0.15, -0.1) is 0 Å². The second-order valence-corrected chi connectivity index (χ2v) is 5.83. The van der Waals surface area contributed by atoms with Gasteiger partial charge < -0.3 is 5.11 Å². The third-order valence-corrected chi connectivity index (χ3v) is 3.19. The highest BCUT2D eigenvalue weighted by Crippen LogP contribution is 2.22. The number of aryl methyl sites for hydroxylation is 1. The first-order valence-electron chi connectivity index (χ1n) is 6.74. The molecule has 0 aliphatic rings. The van der Waals surface area contributed by atoms with Gasteiger partial charge in [-0.2, -0.15) is 0 Å². The maximum Gasteiger partial charge on any atom is 0.0431 e. The predicted octanol–water partition coefficient (Wildman–Crippen LogP) is 4.08. The number of benzene rings is 1. The monoisotopic (exact) mass is 234 g/mol. The Labute approximate surface area is 106 Å². The van der Waals surface area contributed by atoms with Crippen LogP contribution in [-0.4, -0.2) is 11.7 Å². The van der Waals surface area contributed by atoms with E-state index in [0.29, 0.717) is 6.61 Å². The van der Waals surface area contributed by atoms with Gasteiger partial charge >= 0.3 is 0 Å². The maximum absolute atomic E-state index is 8.69. The average Bonchev–Trinajstić information content (AvgIpc) is 2.28. The fourth-order valence-corrected chi connectivity index (χ4v) is 1.97. The van der Waals surface area contributed by atoms with Crippen molar-refractivity contribution in [1.29, 1.82) is 0 Å². The van der Waals surface area contributed by atoms with Gasteiger partial charge in [0, 0.05) is 6.61 Å².